The topological polar surface area (TPSA) is 50.4 Å². The summed E-state index contributed by atoms with van der Waals surface area (Å²) in [5.41, 5.74) is 0.730. The molecule has 3 rings (SSSR count). The van der Waals surface area contributed by atoms with Crippen LogP contribution in [0.5, 0.6) is 5.75 Å². The van der Waals surface area contributed by atoms with Crippen LogP contribution in [0.2, 0.25) is 5.02 Å². The monoisotopic (exact) mass is 322 g/mol. The third kappa shape index (κ3) is 3.55. The molecule has 1 saturated heterocycles. The van der Waals surface area contributed by atoms with Crippen molar-refractivity contribution in [3.8, 4) is 5.75 Å². The maximum atomic E-state index is 12.2. The molecule has 5 heteroatoms. The van der Waals surface area contributed by atoms with Gasteiger partial charge in [0.05, 0.1) is 11.1 Å². The van der Waals surface area contributed by atoms with Gasteiger partial charge in [-0.1, -0.05) is 18.5 Å². The number of hydrogen-bond acceptors (Lipinski definition) is 3. The molecular weight excluding hydrogens is 300 g/mol. The highest BCUT2D eigenvalue weighted by Gasteiger charge is 2.28. The maximum absolute atomic E-state index is 12.2. The normalized spacial score (nSPS) is 20.5. The molecular formula is C17H23ClN2O2. The highest BCUT2D eigenvalue weighted by molar-refractivity contribution is 6.32. The summed E-state index contributed by atoms with van der Waals surface area (Å²) in [7, 11) is 0. The van der Waals surface area contributed by atoms with Crippen LogP contribution < -0.4 is 15.4 Å². The molecule has 2 fully saturated rings. The number of amides is 1. The van der Waals surface area contributed by atoms with Crippen molar-refractivity contribution in [2.24, 2.45) is 11.8 Å². The summed E-state index contributed by atoms with van der Waals surface area (Å²) in [6, 6.07) is 5.49. The Labute approximate surface area is 136 Å². The van der Waals surface area contributed by atoms with E-state index in [1.54, 1.807) is 6.07 Å². The van der Waals surface area contributed by atoms with E-state index in [0.717, 1.165) is 31.6 Å². The minimum absolute atomic E-state index is 0.00874. The van der Waals surface area contributed by atoms with Gasteiger partial charge in [-0.3, -0.25) is 4.79 Å². The fourth-order valence-corrected chi connectivity index (χ4v) is 3.22. The summed E-state index contributed by atoms with van der Waals surface area (Å²) >= 11 is 6.29. The van der Waals surface area contributed by atoms with E-state index < -0.39 is 0 Å². The zero-order valence-corrected chi connectivity index (χ0v) is 13.7. The van der Waals surface area contributed by atoms with Gasteiger partial charge < -0.3 is 15.4 Å². The second-order valence-electron chi connectivity index (χ2n) is 6.37. The van der Waals surface area contributed by atoms with Crippen LogP contribution in [0.15, 0.2) is 18.2 Å². The number of anilines is 1. The summed E-state index contributed by atoms with van der Waals surface area (Å²) < 4.78 is 5.93. The molecule has 1 aromatic carbocycles. The number of carbonyl (C=O) groups excluding carboxylic acids is 1. The lowest BCUT2D eigenvalue weighted by molar-refractivity contribution is -0.121. The van der Waals surface area contributed by atoms with Gasteiger partial charge in [-0.15, -0.1) is 0 Å². The van der Waals surface area contributed by atoms with Gasteiger partial charge in [-0.05, 0) is 62.9 Å². The summed E-state index contributed by atoms with van der Waals surface area (Å²) in [6.07, 6.45) is 4.93. The summed E-state index contributed by atoms with van der Waals surface area (Å²) in [5, 5.41) is 6.70. The number of carbonyl (C=O) groups is 1. The van der Waals surface area contributed by atoms with Crippen molar-refractivity contribution in [3.63, 3.8) is 0 Å². The van der Waals surface area contributed by atoms with E-state index in [1.807, 2.05) is 19.1 Å². The Balaban J connectivity index is 1.59. The molecule has 0 aromatic heterocycles. The average Bonchev–Trinajstić information content (AvgIpc) is 2.93. The molecule has 0 bridgehead atoms. The van der Waals surface area contributed by atoms with Crippen LogP contribution in [-0.4, -0.2) is 25.1 Å². The van der Waals surface area contributed by atoms with Gasteiger partial charge in [0, 0.05) is 11.6 Å². The van der Waals surface area contributed by atoms with Crippen molar-refractivity contribution < 1.29 is 9.53 Å². The van der Waals surface area contributed by atoms with Crippen molar-refractivity contribution >= 4 is 23.2 Å². The van der Waals surface area contributed by atoms with Crippen molar-refractivity contribution in [1.29, 1.82) is 0 Å². The van der Waals surface area contributed by atoms with Crippen molar-refractivity contribution in [2.45, 2.75) is 38.7 Å². The molecule has 1 aromatic rings. The summed E-state index contributed by atoms with van der Waals surface area (Å²) in [5.74, 6) is 1.20. The van der Waals surface area contributed by atoms with Crippen LogP contribution in [0.3, 0.4) is 0 Å². The Kier molecular flexibility index (Phi) is 4.89. The van der Waals surface area contributed by atoms with E-state index in [9.17, 15) is 4.79 Å². The quantitative estimate of drug-likeness (QED) is 0.873. The first kappa shape index (κ1) is 15.6. The molecule has 1 saturated carbocycles. The van der Waals surface area contributed by atoms with Crippen molar-refractivity contribution in [2.75, 3.05) is 18.4 Å². The second-order valence-corrected chi connectivity index (χ2v) is 6.77. The van der Waals surface area contributed by atoms with Crippen LogP contribution in [0.25, 0.3) is 0 Å². The Morgan fingerprint density at radius 2 is 2.09 bits per heavy atom. The second kappa shape index (κ2) is 6.88. The van der Waals surface area contributed by atoms with E-state index in [0.29, 0.717) is 16.7 Å². The van der Waals surface area contributed by atoms with Crippen LogP contribution in [0, 0.1) is 11.8 Å². The molecule has 1 atom stereocenters. The third-order valence-electron chi connectivity index (χ3n) is 4.73. The number of rotatable bonds is 5. The number of halogens is 1. The number of benzene rings is 1. The molecule has 1 heterocycles. The molecule has 1 aliphatic carbocycles. The molecule has 2 aliphatic rings. The number of nitrogens with one attached hydrogen (secondary N) is 2. The first-order valence-corrected chi connectivity index (χ1v) is 8.49. The number of hydrogen-bond donors (Lipinski definition) is 2. The van der Waals surface area contributed by atoms with Gasteiger partial charge in [-0.25, -0.2) is 0 Å². The lowest BCUT2D eigenvalue weighted by atomic mass is 9.88. The zero-order chi connectivity index (χ0) is 15.5. The lowest BCUT2D eigenvalue weighted by Gasteiger charge is -2.31. The molecule has 1 aliphatic heterocycles. The SMILES string of the molecule is CC(C(=O)Nc1ccc(OC2CCCC2)c(Cl)c1)C1CNC1. The lowest BCUT2D eigenvalue weighted by Crippen LogP contribution is -2.48. The largest absolute Gasteiger partial charge is 0.489 e. The van der Waals surface area contributed by atoms with Crippen molar-refractivity contribution in [1.82, 2.24) is 5.32 Å². The van der Waals surface area contributed by atoms with E-state index in [-0.39, 0.29) is 17.9 Å². The van der Waals surface area contributed by atoms with Gasteiger partial charge in [0.2, 0.25) is 5.91 Å². The highest BCUT2D eigenvalue weighted by Crippen LogP contribution is 2.32. The maximum Gasteiger partial charge on any atom is 0.227 e. The van der Waals surface area contributed by atoms with E-state index in [1.165, 1.54) is 12.8 Å². The fraction of sp³-hybridized carbons (Fsp3) is 0.588. The van der Waals surface area contributed by atoms with E-state index in [4.69, 9.17) is 16.3 Å². The van der Waals surface area contributed by atoms with Crippen LogP contribution in [-0.2, 0) is 4.79 Å². The van der Waals surface area contributed by atoms with Crippen LogP contribution >= 0.6 is 11.6 Å². The fourth-order valence-electron chi connectivity index (χ4n) is 2.99. The standard InChI is InChI=1S/C17H23ClN2O2/c1-11(12-9-19-10-12)17(21)20-13-6-7-16(15(18)8-13)22-14-4-2-3-5-14/h6-8,11-12,14,19H,2-5,9-10H2,1H3,(H,20,21). The summed E-state index contributed by atoms with van der Waals surface area (Å²) in [4.78, 5) is 12.2. The Hall–Kier alpha value is -1.26. The molecule has 1 unspecified atom stereocenters. The molecule has 4 nitrogen and oxygen atoms in total. The van der Waals surface area contributed by atoms with Gasteiger partial charge in [0.15, 0.2) is 0 Å². The van der Waals surface area contributed by atoms with Gasteiger partial charge in [0.1, 0.15) is 5.75 Å². The molecule has 1 amide bonds. The number of ether oxygens (including phenoxy) is 1. The summed E-state index contributed by atoms with van der Waals surface area (Å²) in [6.45, 7) is 3.81. The average molecular weight is 323 g/mol. The van der Waals surface area contributed by atoms with Crippen LogP contribution in [0.4, 0.5) is 5.69 Å². The van der Waals surface area contributed by atoms with Gasteiger partial charge in [-0.2, -0.15) is 0 Å². The van der Waals surface area contributed by atoms with E-state index in [2.05, 4.69) is 10.6 Å². The molecule has 120 valence electrons. The molecule has 0 radical (unpaired) electrons. The van der Waals surface area contributed by atoms with Crippen LogP contribution in [0.1, 0.15) is 32.6 Å². The smallest absolute Gasteiger partial charge is 0.227 e. The van der Waals surface area contributed by atoms with Gasteiger partial charge >= 0.3 is 0 Å². The molecule has 2 N–H and O–H groups in total. The highest BCUT2D eigenvalue weighted by atomic mass is 35.5. The van der Waals surface area contributed by atoms with Gasteiger partial charge in [0.25, 0.3) is 0 Å². The Morgan fingerprint density at radius 3 is 2.68 bits per heavy atom. The van der Waals surface area contributed by atoms with Crippen molar-refractivity contribution in [3.05, 3.63) is 23.2 Å². The zero-order valence-electron chi connectivity index (χ0n) is 12.9. The first-order chi connectivity index (χ1) is 10.6. The Morgan fingerprint density at radius 1 is 1.36 bits per heavy atom. The minimum atomic E-state index is 0.00874. The molecule has 0 spiro atoms. The predicted octanol–water partition coefficient (Wildman–Crippen LogP) is 3.46. The third-order valence-corrected chi connectivity index (χ3v) is 5.02. The van der Waals surface area contributed by atoms with E-state index >= 15 is 0 Å². The predicted molar refractivity (Wildman–Crippen MR) is 88.5 cm³/mol. The Bertz CT molecular complexity index is 539. The first-order valence-electron chi connectivity index (χ1n) is 8.11. The minimum Gasteiger partial charge on any atom is -0.489 e. The molecule has 22 heavy (non-hydrogen) atoms.